The highest BCUT2D eigenvalue weighted by Crippen LogP contribution is 2.25. The predicted molar refractivity (Wildman–Crippen MR) is 123 cm³/mol. The Labute approximate surface area is 178 Å². The first-order valence-corrected chi connectivity index (χ1v) is 9.74. The van der Waals surface area contributed by atoms with Gasteiger partial charge in [-0.15, -0.1) is 35.3 Å². The Hall–Kier alpha value is -1.12. The van der Waals surface area contributed by atoms with Crippen molar-refractivity contribution in [1.29, 1.82) is 0 Å². The van der Waals surface area contributed by atoms with Gasteiger partial charge in [-0.3, -0.25) is 0 Å². The number of nitrogens with zero attached hydrogens (tertiary/aromatic N) is 1. The van der Waals surface area contributed by atoms with Crippen LogP contribution in [0.2, 0.25) is 0 Å². The molecule has 144 valence electrons. The summed E-state index contributed by atoms with van der Waals surface area (Å²) in [4.78, 5) is 5.50. The highest BCUT2D eigenvalue weighted by Gasteiger charge is 2.23. The number of halogens is 1. The molecular weight excluding hydrogens is 457 g/mol. The van der Waals surface area contributed by atoms with Crippen molar-refractivity contribution in [2.45, 2.75) is 38.7 Å². The molecule has 4 nitrogen and oxygen atoms in total. The lowest BCUT2D eigenvalue weighted by Crippen LogP contribution is -2.39. The molecule has 1 heterocycles. The van der Waals surface area contributed by atoms with Crippen LogP contribution in [-0.4, -0.2) is 30.7 Å². The van der Waals surface area contributed by atoms with Gasteiger partial charge >= 0.3 is 0 Å². The Bertz CT molecular complexity index is 644. The Morgan fingerprint density at radius 1 is 1.19 bits per heavy atom. The summed E-state index contributed by atoms with van der Waals surface area (Å²) in [6, 6.07) is 14.4. The van der Waals surface area contributed by atoms with Crippen LogP contribution in [0.5, 0.6) is 0 Å². The fraction of sp³-hybridized carbons (Fsp3) is 0.450. The summed E-state index contributed by atoms with van der Waals surface area (Å²) in [6.07, 6.45) is 1.02. The van der Waals surface area contributed by atoms with Crippen LogP contribution in [0.15, 0.2) is 52.8 Å². The van der Waals surface area contributed by atoms with Crippen LogP contribution in [-0.2, 0) is 5.60 Å². The molecule has 6 heteroatoms. The first-order valence-electron chi connectivity index (χ1n) is 8.86. The minimum Gasteiger partial charge on any atom is -0.383 e. The van der Waals surface area contributed by atoms with Crippen molar-refractivity contribution in [3.63, 3.8) is 0 Å². The van der Waals surface area contributed by atoms with Crippen LogP contribution in [0, 0.1) is 0 Å². The van der Waals surface area contributed by atoms with Crippen molar-refractivity contribution in [1.82, 2.24) is 10.6 Å². The molecule has 26 heavy (non-hydrogen) atoms. The number of hydrogen-bond donors (Lipinski definition) is 3. The molecule has 3 N–H and O–H groups in total. The Kier molecular flexibility index (Phi) is 10.2. The fourth-order valence-electron chi connectivity index (χ4n) is 2.59. The minimum absolute atomic E-state index is 0. The van der Waals surface area contributed by atoms with Gasteiger partial charge in [-0.2, -0.15) is 0 Å². The highest BCUT2D eigenvalue weighted by molar-refractivity contribution is 14.0. The predicted octanol–water partition coefficient (Wildman–Crippen LogP) is 4.32. The first-order chi connectivity index (χ1) is 12.0. The molecule has 0 bridgehead atoms. The third kappa shape index (κ3) is 7.25. The minimum atomic E-state index is -0.937. The third-order valence-corrected chi connectivity index (χ3v) is 5.30. The van der Waals surface area contributed by atoms with Gasteiger partial charge in [0.2, 0.25) is 0 Å². The van der Waals surface area contributed by atoms with E-state index in [-0.39, 0.29) is 24.0 Å². The summed E-state index contributed by atoms with van der Waals surface area (Å²) in [5, 5.41) is 19.2. The average molecular weight is 487 g/mol. The lowest BCUT2D eigenvalue weighted by atomic mass is 9.98. The number of benzene rings is 1. The average Bonchev–Trinajstić information content (AvgIpc) is 3.16. The normalized spacial score (nSPS) is 14.8. The van der Waals surface area contributed by atoms with Crippen molar-refractivity contribution in [3.8, 4) is 0 Å². The van der Waals surface area contributed by atoms with Crippen molar-refractivity contribution in [2.24, 2.45) is 4.99 Å². The Morgan fingerprint density at radius 3 is 2.54 bits per heavy atom. The van der Waals surface area contributed by atoms with Gasteiger partial charge in [0, 0.05) is 18.0 Å². The second-order valence-corrected chi connectivity index (χ2v) is 7.42. The van der Waals surface area contributed by atoms with Gasteiger partial charge in [-0.25, -0.2) is 4.99 Å². The fourth-order valence-corrected chi connectivity index (χ4v) is 3.37. The van der Waals surface area contributed by atoms with Crippen molar-refractivity contribution < 1.29 is 5.11 Å². The van der Waals surface area contributed by atoms with Crippen LogP contribution < -0.4 is 10.6 Å². The van der Waals surface area contributed by atoms with Crippen molar-refractivity contribution in [2.75, 3.05) is 19.6 Å². The molecule has 0 aliphatic heterocycles. The van der Waals surface area contributed by atoms with Crippen molar-refractivity contribution in [3.05, 3.63) is 58.3 Å². The van der Waals surface area contributed by atoms with Gasteiger partial charge in [0.15, 0.2) is 5.96 Å². The summed E-state index contributed by atoms with van der Waals surface area (Å²) in [5.41, 5.74) is 0.417. The molecular formula is C20H30IN3OS. The SMILES string of the molecule is CCNC(=NCC(C)(O)c1cccs1)NCCC(C)c1ccccc1.I. The number of rotatable bonds is 8. The number of thiophene rings is 1. The Balaban J connectivity index is 0.00000338. The molecule has 1 aromatic carbocycles. The molecule has 0 aliphatic carbocycles. The van der Waals surface area contributed by atoms with Crippen LogP contribution in [0.1, 0.15) is 43.6 Å². The maximum Gasteiger partial charge on any atom is 0.191 e. The van der Waals surface area contributed by atoms with Gasteiger partial charge in [0.25, 0.3) is 0 Å². The van der Waals surface area contributed by atoms with Crippen LogP contribution in [0.3, 0.4) is 0 Å². The van der Waals surface area contributed by atoms with E-state index in [4.69, 9.17) is 0 Å². The standard InChI is InChI=1S/C20H29N3OS.HI/c1-4-21-19(23-15-20(3,24)18-11-8-14-25-18)22-13-12-16(2)17-9-6-5-7-10-17;/h5-11,14,16,24H,4,12-13,15H2,1-3H3,(H2,21,22,23);1H. The largest absolute Gasteiger partial charge is 0.383 e. The number of guanidine groups is 1. The quantitative estimate of drug-likeness (QED) is 0.295. The van der Waals surface area contributed by atoms with Gasteiger partial charge in [0.05, 0.1) is 6.54 Å². The van der Waals surface area contributed by atoms with Crippen molar-refractivity contribution >= 4 is 41.3 Å². The van der Waals surface area contributed by atoms with Crippen LogP contribution >= 0.6 is 35.3 Å². The lowest BCUT2D eigenvalue weighted by Gasteiger charge is -2.21. The summed E-state index contributed by atoms with van der Waals surface area (Å²) in [7, 11) is 0. The molecule has 2 aromatic rings. The van der Waals surface area contributed by atoms with Gasteiger partial charge in [0.1, 0.15) is 5.60 Å². The molecule has 2 atom stereocenters. The second kappa shape index (κ2) is 11.6. The van der Waals surface area contributed by atoms with E-state index in [2.05, 4.69) is 46.8 Å². The number of aliphatic imine (C=N–C) groups is 1. The zero-order chi connectivity index (χ0) is 18.1. The second-order valence-electron chi connectivity index (χ2n) is 6.47. The van der Waals surface area contributed by atoms with E-state index in [1.54, 1.807) is 11.3 Å². The maximum atomic E-state index is 10.6. The molecule has 0 fully saturated rings. The summed E-state index contributed by atoms with van der Waals surface area (Å²) in [6.45, 7) is 8.05. The van der Waals surface area contributed by atoms with E-state index in [0.29, 0.717) is 12.5 Å². The molecule has 2 unspecified atom stereocenters. The molecule has 0 radical (unpaired) electrons. The number of hydrogen-bond acceptors (Lipinski definition) is 3. The van der Waals surface area contributed by atoms with E-state index in [1.807, 2.05) is 37.4 Å². The van der Waals surface area contributed by atoms with E-state index in [9.17, 15) is 5.11 Å². The molecule has 2 rings (SSSR count). The number of nitrogens with one attached hydrogen (secondary N) is 2. The van der Waals surface area contributed by atoms with Gasteiger partial charge < -0.3 is 15.7 Å². The number of aliphatic hydroxyl groups is 1. The van der Waals surface area contributed by atoms with Crippen LogP contribution in [0.4, 0.5) is 0 Å². The molecule has 0 saturated heterocycles. The smallest absolute Gasteiger partial charge is 0.191 e. The van der Waals surface area contributed by atoms with E-state index in [0.717, 1.165) is 30.3 Å². The molecule has 0 spiro atoms. The molecule has 0 aliphatic rings. The third-order valence-electron chi connectivity index (χ3n) is 4.18. The zero-order valence-corrected chi connectivity index (χ0v) is 18.9. The topological polar surface area (TPSA) is 56.7 Å². The Morgan fingerprint density at radius 2 is 1.92 bits per heavy atom. The van der Waals surface area contributed by atoms with Gasteiger partial charge in [-0.1, -0.05) is 43.3 Å². The lowest BCUT2D eigenvalue weighted by molar-refractivity contribution is 0.0711. The first kappa shape index (κ1) is 22.9. The molecule has 1 aromatic heterocycles. The van der Waals surface area contributed by atoms with Gasteiger partial charge in [-0.05, 0) is 43.2 Å². The van der Waals surface area contributed by atoms with Crippen LogP contribution in [0.25, 0.3) is 0 Å². The van der Waals surface area contributed by atoms with E-state index in [1.165, 1.54) is 5.56 Å². The summed E-state index contributed by atoms with van der Waals surface area (Å²) >= 11 is 1.55. The van der Waals surface area contributed by atoms with E-state index < -0.39 is 5.60 Å². The zero-order valence-electron chi connectivity index (χ0n) is 15.7. The molecule has 0 amide bonds. The maximum absolute atomic E-state index is 10.6. The summed E-state index contributed by atoms with van der Waals surface area (Å²) < 4.78 is 0. The van der Waals surface area contributed by atoms with E-state index >= 15 is 0 Å². The monoisotopic (exact) mass is 487 g/mol. The highest BCUT2D eigenvalue weighted by atomic mass is 127. The molecule has 0 saturated carbocycles. The summed E-state index contributed by atoms with van der Waals surface area (Å²) in [5.74, 6) is 1.24.